The van der Waals surface area contributed by atoms with Crippen molar-refractivity contribution in [1.82, 2.24) is 10.3 Å². The van der Waals surface area contributed by atoms with Gasteiger partial charge in [-0.25, -0.2) is 4.98 Å². The molecule has 0 aromatic carbocycles. The maximum Gasteiger partial charge on any atom is 0.211 e. The molecule has 16 heavy (non-hydrogen) atoms. The van der Waals surface area contributed by atoms with Crippen molar-refractivity contribution in [3.63, 3.8) is 0 Å². The topological polar surface area (TPSA) is 38.1 Å². The first-order valence-corrected chi connectivity index (χ1v) is 7.36. The summed E-state index contributed by atoms with van der Waals surface area (Å²) >= 11 is 2.04. The van der Waals surface area contributed by atoms with Gasteiger partial charge in [-0.05, 0) is 38.0 Å². The minimum atomic E-state index is 0.366. The lowest BCUT2D eigenvalue weighted by Crippen LogP contribution is -2.13. The van der Waals surface area contributed by atoms with Crippen LogP contribution in [-0.4, -0.2) is 23.0 Å². The molecule has 0 amide bonds. The fourth-order valence-corrected chi connectivity index (χ4v) is 3.66. The van der Waals surface area contributed by atoms with E-state index < -0.39 is 0 Å². The van der Waals surface area contributed by atoms with Gasteiger partial charge >= 0.3 is 0 Å². The Bertz CT molecular complexity index is 341. The van der Waals surface area contributed by atoms with E-state index in [2.05, 4.69) is 10.3 Å². The van der Waals surface area contributed by atoms with E-state index in [1.807, 2.05) is 18.0 Å². The normalized spacial score (nSPS) is 30.8. The quantitative estimate of drug-likeness (QED) is 0.859. The molecule has 0 radical (unpaired) electrons. The molecular formula is C12H18N2OS. The molecule has 2 fully saturated rings. The van der Waals surface area contributed by atoms with E-state index in [9.17, 15) is 0 Å². The van der Waals surface area contributed by atoms with Crippen LogP contribution in [0.4, 0.5) is 0 Å². The Morgan fingerprint density at radius 3 is 3.12 bits per heavy atom. The van der Waals surface area contributed by atoms with Crippen LogP contribution in [0, 0.1) is 0 Å². The third kappa shape index (κ3) is 2.13. The van der Waals surface area contributed by atoms with Gasteiger partial charge in [-0.2, -0.15) is 11.8 Å². The van der Waals surface area contributed by atoms with Gasteiger partial charge in [0.1, 0.15) is 5.76 Å². The van der Waals surface area contributed by atoms with Crippen molar-refractivity contribution in [2.24, 2.45) is 0 Å². The number of hydrogen-bond donors (Lipinski definition) is 1. The Morgan fingerprint density at radius 2 is 2.38 bits per heavy atom. The molecule has 2 saturated heterocycles. The molecule has 1 N–H and O–H groups in total. The maximum absolute atomic E-state index is 5.92. The van der Waals surface area contributed by atoms with E-state index in [0.717, 1.165) is 18.2 Å². The highest BCUT2D eigenvalue weighted by atomic mass is 32.2. The predicted octanol–water partition coefficient (Wildman–Crippen LogP) is 2.71. The number of aromatic nitrogens is 1. The Labute approximate surface area is 100 Å². The zero-order chi connectivity index (χ0) is 10.8. The fourth-order valence-electron chi connectivity index (χ4n) is 2.51. The Morgan fingerprint density at radius 1 is 1.38 bits per heavy atom. The number of nitrogens with one attached hydrogen (secondary N) is 1. The maximum atomic E-state index is 5.92. The van der Waals surface area contributed by atoms with Crippen molar-refractivity contribution in [3.05, 3.63) is 17.8 Å². The first kappa shape index (κ1) is 10.7. The molecule has 4 heteroatoms. The van der Waals surface area contributed by atoms with Gasteiger partial charge in [0.15, 0.2) is 0 Å². The zero-order valence-electron chi connectivity index (χ0n) is 9.45. The summed E-state index contributed by atoms with van der Waals surface area (Å²) in [5, 5.41) is 3.43. The molecule has 0 bridgehead atoms. The zero-order valence-corrected chi connectivity index (χ0v) is 10.3. The first-order chi connectivity index (χ1) is 7.93. The number of hydrogen-bond acceptors (Lipinski definition) is 4. The van der Waals surface area contributed by atoms with Crippen LogP contribution in [0.5, 0.6) is 0 Å². The highest BCUT2D eigenvalue weighted by Gasteiger charge is 2.24. The van der Waals surface area contributed by atoms with Crippen LogP contribution in [0.25, 0.3) is 0 Å². The molecule has 0 aliphatic carbocycles. The lowest BCUT2D eigenvalue weighted by Gasteiger charge is -2.18. The predicted molar refractivity (Wildman–Crippen MR) is 65.8 cm³/mol. The molecule has 2 unspecified atom stereocenters. The van der Waals surface area contributed by atoms with Gasteiger partial charge in [-0.15, -0.1) is 0 Å². The average molecular weight is 238 g/mol. The van der Waals surface area contributed by atoms with Crippen LogP contribution < -0.4 is 5.32 Å². The van der Waals surface area contributed by atoms with Gasteiger partial charge in [0.2, 0.25) is 5.89 Å². The minimum Gasteiger partial charge on any atom is -0.444 e. The summed E-state index contributed by atoms with van der Waals surface area (Å²) < 4.78 is 5.92. The summed E-state index contributed by atoms with van der Waals surface area (Å²) in [6.45, 7) is 1.10. The van der Waals surface area contributed by atoms with Crippen molar-refractivity contribution in [3.8, 4) is 0 Å². The van der Waals surface area contributed by atoms with Crippen molar-refractivity contribution < 1.29 is 4.42 Å². The van der Waals surface area contributed by atoms with E-state index in [4.69, 9.17) is 4.42 Å². The molecule has 3 heterocycles. The highest BCUT2D eigenvalue weighted by molar-refractivity contribution is 7.99. The van der Waals surface area contributed by atoms with E-state index in [1.165, 1.54) is 37.2 Å². The van der Waals surface area contributed by atoms with Crippen molar-refractivity contribution in [2.75, 3.05) is 18.1 Å². The molecule has 88 valence electrons. The Hall–Kier alpha value is -0.480. The van der Waals surface area contributed by atoms with Crippen LogP contribution >= 0.6 is 11.8 Å². The largest absolute Gasteiger partial charge is 0.444 e. The molecule has 2 aliphatic heterocycles. The summed E-state index contributed by atoms with van der Waals surface area (Å²) in [5.74, 6) is 5.12. The van der Waals surface area contributed by atoms with Gasteiger partial charge in [0.05, 0.1) is 12.2 Å². The molecule has 0 saturated carbocycles. The standard InChI is InChI=1S/C12H18N2OS/c1-4-10(13-5-1)12-14-7-11(15-12)9-3-2-6-16-8-9/h7,9-10,13H,1-6,8H2. The van der Waals surface area contributed by atoms with Gasteiger partial charge in [-0.1, -0.05) is 0 Å². The van der Waals surface area contributed by atoms with Crippen LogP contribution in [0.15, 0.2) is 10.6 Å². The molecule has 2 aliphatic rings. The number of nitrogens with zero attached hydrogens (tertiary/aromatic N) is 1. The van der Waals surface area contributed by atoms with Crippen LogP contribution in [0.1, 0.15) is 49.3 Å². The summed E-state index contributed by atoms with van der Waals surface area (Å²) in [5.41, 5.74) is 0. The van der Waals surface area contributed by atoms with E-state index >= 15 is 0 Å². The van der Waals surface area contributed by atoms with E-state index in [0.29, 0.717) is 12.0 Å². The third-order valence-electron chi connectivity index (χ3n) is 3.46. The molecule has 1 aromatic rings. The monoisotopic (exact) mass is 238 g/mol. The fraction of sp³-hybridized carbons (Fsp3) is 0.750. The average Bonchev–Trinajstić information content (AvgIpc) is 3.01. The lowest BCUT2D eigenvalue weighted by atomic mass is 10.0. The molecule has 0 spiro atoms. The molecular weight excluding hydrogens is 220 g/mol. The van der Waals surface area contributed by atoms with E-state index in [1.54, 1.807) is 0 Å². The van der Waals surface area contributed by atoms with Crippen LogP contribution in [0.3, 0.4) is 0 Å². The smallest absolute Gasteiger partial charge is 0.211 e. The van der Waals surface area contributed by atoms with Crippen LogP contribution in [0.2, 0.25) is 0 Å². The molecule has 3 nitrogen and oxygen atoms in total. The van der Waals surface area contributed by atoms with Crippen LogP contribution in [-0.2, 0) is 0 Å². The Kier molecular flexibility index (Phi) is 3.20. The van der Waals surface area contributed by atoms with E-state index in [-0.39, 0.29) is 0 Å². The molecule has 3 rings (SSSR count). The second-order valence-corrected chi connectivity index (χ2v) is 5.81. The second kappa shape index (κ2) is 4.80. The van der Waals surface area contributed by atoms with Gasteiger partial charge in [-0.3, -0.25) is 0 Å². The molecule has 1 aromatic heterocycles. The summed E-state index contributed by atoms with van der Waals surface area (Å²) in [6.07, 6.45) is 6.93. The van der Waals surface area contributed by atoms with Crippen molar-refractivity contribution >= 4 is 11.8 Å². The first-order valence-electron chi connectivity index (χ1n) is 6.20. The minimum absolute atomic E-state index is 0.366. The highest BCUT2D eigenvalue weighted by Crippen LogP contribution is 2.33. The van der Waals surface area contributed by atoms with Gasteiger partial charge in [0.25, 0.3) is 0 Å². The number of rotatable bonds is 2. The molecule has 2 atom stereocenters. The lowest BCUT2D eigenvalue weighted by molar-refractivity contribution is 0.384. The van der Waals surface area contributed by atoms with Crippen molar-refractivity contribution in [1.29, 1.82) is 0 Å². The summed E-state index contributed by atoms with van der Waals surface area (Å²) in [7, 11) is 0. The summed E-state index contributed by atoms with van der Waals surface area (Å²) in [4.78, 5) is 4.43. The number of thioether (sulfide) groups is 1. The SMILES string of the molecule is c1nc(C2CCCN2)oc1C1CCCSC1. The Balaban J connectivity index is 1.71. The second-order valence-electron chi connectivity index (χ2n) is 4.66. The van der Waals surface area contributed by atoms with Gasteiger partial charge < -0.3 is 9.73 Å². The number of oxazole rings is 1. The van der Waals surface area contributed by atoms with Gasteiger partial charge in [0, 0.05) is 11.7 Å². The third-order valence-corrected chi connectivity index (χ3v) is 4.68. The summed E-state index contributed by atoms with van der Waals surface area (Å²) in [6, 6.07) is 0.366. The van der Waals surface area contributed by atoms with Crippen molar-refractivity contribution in [2.45, 2.75) is 37.6 Å².